The van der Waals surface area contributed by atoms with Crippen LogP contribution in [0.2, 0.25) is 0 Å². The van der Waals surface area contributed by atoms with Crippen LogP contribution in [0.4, 0.5) is 26.3 Å². The Hall–Kier alpha value is -2.82. The van der Waals surface area contributed by atoms with Gasteiger partial charge in [-0.15, -0.1) is 0 Å². The topological polar surface area (TPSA) is 50.3 Å². The van der Waals surface area contributed by atoms with E-state index in [4.69, 9.17) is 9.15 Å². The van der Waals surface area contributed by atoms with Crippen molar-refractivity contribution in [3.05, 3.63) is 60.1 Å². The Morgan fingerprint density at radius 3 is 2.16 bits per heavy atom. The lowest BCUT2D eigenvalue weighted by Gasteiger charge is -2.39. The summed E-state index contributed by atoms with van der Waals surface area (Å²) in [5.74, 6) is -1.35. The smallest absolute Gasteiger partial charge is 0.443 e. The number of aliphatic imine (C=N–C) groups is 2. The second-order valence-electron chi connectivity index (χ2n) is 7.13. The van der Waals surface area contributed by atoms with E-state index in [1.54, 1.807) is 6.07 Å². The fourth-order valence-corrected chi connectivity index (χ4v) is 3.53. The number of furan rings is 1. The maximum atomic E-state index is 13.9. The van der Waals surface area contributed by atoms with E-state index in [2.05, 4.69) is 9.98 Å². The van der Waals surface area contributed by atoms with E-state index in [1.165, 1.54) is 41.3 Å². The van der Waals surface area contributed by atoms with Crippen LogP contribution >= 0.6 is 0 Å². The second-order valence-corrected chi connectivity index (χ2v) is 7.13. The highest BCUT2D eigenvalue weighted by atomic mass is 19.4. The van der Waals surface area contributed by atoms with E-state index in [9.17, 15) is 26.3 Å². The van der Waals surface area contributed by atoms with Crippen LogP contribution in [-0.2, 0) is 4.74 Å². The number of ether oxygens (including phenoxy) is 1. The van der Waals surface area contributed by atoms with E-state index in [0.29, 0.717) is 13.0 Å². The van der Waals surface area contributed by atoms with Crippen LogP contribution in [-0.4, -0.2) is 53.8 Å². The maximum Gasteiger partial charge on any atom is 0.443 e. The van der Waals surface area contributed by atoms with Crippen LogP contribution in [0.5, 0.6) is 0 Å². The van der Waals surface area contributed by atoms with Gasteiger partial charge in [-0.2, -0.15) is 26.3 Å². The highest BCUT2D eigenvalue weighted by Gasteiger charge is 2.74. The van der Waals surface area contributed by atoms with Crippen LogP contribution in [0.25, 0.3) is 0 Å². The molecule has 0 radical (unpaired) electrons. The molecule has 11 heteroatoms. The summed E-state index contributed by atoms with van der Waals surface area (Å²) in [4.78, 5) is 7.58. The van der Waals surface area contributed by atoms with Gasteiger partial charge in [-0.3, -0.25) is 0 Å². The van der Waals surface area contributed by atoms with Crippen molar-refractivity contribution in [1.29, 1.82) is 0 Å². The van der Waals surface area contributed by atoms with Gasteiger partial charge in [0.2, 0.25) is 0 Å². The Balaban J connectivity index is 1.96. The van der Waals surface area contributed by atoms with Crippen LogP contribution in [0.15, 0.2) is 63.1 Å². The van der Waals surface area contributed by atoms with E-state index < -0.39 is 35.8 Å². The minimum atomic E-state index is -5.83. The molecular formula is C20H17F6N3O2. The molecule has 1 aromatic heterocycles. The zero-order valence-electron chi connectivity index (χ0n) is 16.0. The van der Waals surface area contributed by atoms with Crippen molar-refractivity contribution in [2.75, 3.05) is 13.2 Å². The van der Waals surface area contributed by atoms with Crippen molar-refractivity contribution in [3.63, 3.8) is 0 Å². The summed E-state index contributed by atoms with van der Waals surface area (Å²) in [6, 6.07) is 10.0. The lowest BCUT2D eigenvalue weighted by molar-refractivity contribution is -0.293. The van der Waals surface area contributed by atoms with E-state index in [-0.39, 0.29) is 17.9 Å². The fraction of sp³-hybridized carbons (Fsp3) is 0.400. The minimum absolute atomic E-state index is 0.0287. The first kappa shape index (κ1) is 21.4. The third kappa shape index (κ3) is 3.82. The quantitative estimate of drug-likeness (QED) is 0.636. The monoisotopic (exact) mass is 445 g/mol. The molecule has 1 aromatic carbocycles. The van der Waals surface area contributed by atoms with E-state index in [1.807, 2.05) is 0 Å². The molecular weight excluding hydrogens is 428 g/mol. The van der Waals surface area contributed by atoms with Crippen molar-refractivity contribution >= 4 is 11.7 Å². The summed E-state index contributed by atoms with van der Waals surface area (Å²) in [7, 11) is 0. The molecule has 0 spiro atoms. The van der Waals surface area contributed by atoms with E-state index in [0.717, 1.165) is 12.7 Å². The van der Waals surface area contributed by atoms with Gasteiger partial charge in [0.1, 0.15) is 5.84 Å². The number of amidine groups is 2. The summed E-state index contributed by atoms with van der Waals surface area (Å²) in [6.07, 6.45) is -9.58. The molecule has 3 heterocycles. The van der Waals surface area contributed by atoms with Crippen LogP contribution in [0.1, 0.15) is 24.2 Å². The molecule has 1 saturated heterocycles. The first-order valence-corrected chi connectivity index (χ1v) is 9.44. The number of hydrogen-bond acceptors (Lipinski definition) is 5. The zero-order chi connectivity index (χ0) is 22.3. The van der Waals surface area contributed by atoms with Gasteiger partial charge < -0.3 is 14.1 Å². The molecule has 1 unspecified atom stereocenters. The van der Waals surface area contributed by atoms with Crippen molar-refractivity contribution in [2.45, 2.75) is 37.0 Å². The molecule has 5 nitrogen and oxygen atoms in total. The summed E-state index contributed by atoms with van der Waals surface area (Å²) in [5, 5.41) is 0. The van der Waals surface area contributed by atoms with Gasteiger partial charge in [-0.05, 0) is 25.0 Å². The Kier molecular flexibility index (Phi) is 5.32. The molecule has 31 heavy (non-hydrogen) atoms. The summed E-state index contributed by atoms with van der Waals surface area (Å²) >= 11 is 0. The van der Waals surface area contributed by atoms with Crippen molar-refractivity contribution in [3.8, 4) is 0 Å². The van der Waals surface area contributed by atoms with Crippen LogP contribution in [0, 0.1) is 0 Å². The Bertz CT molecular complexity index is 947. The molecule has 0 aliphatic carbocycles. The van der Waals surface area contributed by atoms with Crippen molar-refractivity contribution in [1.82, 2.24) is 4.90 Å². The molecule has 166 valence electrons. The largest absolute Gasteiger partial charge is 0.461 e. The Morgan fingerprint density at radius 2 is 1.61 bits per heavy atom. The highest BCUT2D eigenvalue weighted by Crippen LogP contribution is 2.49. The van der Waals surface area contributed by atoms with Crippen molar-refractivity contribution in [2.24, 2.45) is 9.98 Å². The third-order valence-electron chi connectivity index (χ3n) is 5.02. The maximum absolute atomic E-state index is 13.9. The second kappa shape index (κ2) is 7.70. The van der Waals surface area contributed by atoms with Gasteiger partial charge in [0.15, 0.2) is 11.6 Å². The van der Waals surface area contributed by atoms with Crippen LogP contribution < -0.4 is 0 Å². The molecule has 0 bridgehead atoms. The molecule has 2 aromatic rings. The van der Waals surface area contributed by atoms with E-state index >= 15 is 0 Å². The molecule has 0 N–H and O–H groups in total. The first-order valence-electron chi connectivity index (χ1n) is 9.44. The molecule has 0 saturated carbocycles. The van der Waals surface area contributed by atoms with Crippen molar-refractivity contribution < 1.29 is 35.5 Å². The average molecular weight is 445 g/mol. The lowest BCUT2D eigenvalue weighted by Crippen LogP contribution is -2.60. The minimum Gasteiger partial charge on any atom is -0.461 e. The highest BCUT2D eigenvalue weighted by molar-refractivity contribution is 6.15. The number of alkyl halides is 6. The first-order chi connectivity index (χ1) is 14.6. The predicted molar refractivity (Wildman–Crippen MR) is 98.7 cm³/mol. The zero-order valence-corrected chi connectivity index (χ0v) is 16.0. The van der Waals surface area contributed by atoms with Gasteiger partial charge in [-0.1, -0.05) is 30.3 Å². The molecule has 2 aliphatic rings. The lowest BCUT2D eigenvalue weighted by atomic mass is 10.1. The van der Waals surface area contributed by atoms with Gasteiger partial charge >= 0.3 is 18.0 Å². The predicted octanol–water partition coefficient (Wildman–Crippen LogP) is 4.79. The molecule has 1 fully saturated rings. The number of rotatable bonds is 4. The Labute approximate surface area is 173 Å². The molecule has 4 rings (SSSR count). The molecule has 1 atom stereocenters. The SMILES string of the molecule is FC(F)(F)C1(C(F)(F)F)N=C(c2ccccc2)N(CC2CCCO2)C(c2ccco2)=N1. The third-order valence-corrected chi connectivity index (χ3v) is 5.02. The number of hydrogen-bond donors (Lipinski definition) is 0. The number of halogens is 6. The van der Waals surface area contributed by atoms with Crippen LogP contribution in [0.3, 0.4) is 0 Å². The van der Waals surface area contributed by atoms with Gasteiger partial charge in [-0.25, -0.2) is 9.98 Å². The molecule has 0 amide bonds. The average Bonchev–Trinajstić information content (AvgIpc) is 3.41. The number of nitrogens with zero attached hydrogens (tertiary/aromatic N) is 3. The van der Waals surface area contributed by atoms with Gasteiger partial charge in [0.25, 0.3) is 0 Å². The summed E-state index contributed by atoms with van der Waals surface area (Å²) in [5.41, 5.74) is -4.59. The standard InChI is InChI=1S/C20H17F6N3O2/c21-19(22,23)18(20(24,25)26)27-16(13-6-2-1-3-7-13)29(12-14-8-4-10-30-14)17(28-18)15-9-5-11-31-15/h1-3,5-7,9,11,14H,4,8,10,12H2. The van der Waals surface area contributed by atoms with Gasteiger partial charge in [0, 0.05) is 12.2 Å². The Morgan fingerprint density at radius 1 is 0.935 bits per heavy atom. The summed E-state index contributed by atoms with van der Waals surface area (Å²) < 4.78 is 94.3. The normalized spacial score (nSPS) is 21.7. The van der Waals surface area contributed by atoms with Gasteiger partial charge in [0.05, 0.1) is 18.9 Å². The number of benzene rings is 1. The molecule has 2 aliphatic heterocycles. The summed E-state index contributed by atoms with van der Waals surface area (Å²) in [6.45, 7) is 0.428. The fourth-order valence-electron chi connectivity index (χ4n) is 3.53.